The smallest absolute Gasteiger partial charge is 0.274 e. The lowest BCUT2D eigenvalue weighted by Crippen LogP contribution is -2.35. The molecule has 0 N–H and O–H groups in total. The number of carbonyl (C=O) groups is 1. The van der Waals surface area contributed by atoms with Gasteiger partial charge in [0.05, 0.1) is 16.7 Å². The molecule has 2 aromatic rings. The Morgan fingerprint density at radius 1 is 1.04 bits per heavy atom. The average Bonchev–Trinajstić information content (AvgIpc) is 2.86. The van der Waals surface area contributed by atoms with Gasteiger partial charge in [0.25, 0.3) is 15.9 Å². The van der Waals surface area contributed by atoms with Crippen molar-refractivity contribution in [3.8, 4) is 5.75 Å². The number of carbonyl (C=O) groups excluding carboxylic acids is 1. The van der Waals surface area contributed by atoms with Gasteiger partial charge in [0, 0.05) is 12.7 Å². The Bertz CT molecular complexity index is 890. The average molecular weight is 361 g/mol. The Balaban J connectivity index is 2.01. The van der Waals surface area contributed by atoms with E-state index >= 15 is 0 Å². The van der Waals surface area contributed by atoms with E-state index in [0.717, 1.165) is 4.31 Å². The van der Waals surface area contributed by atoms with Gasteiger partial charge in [-0.05, 0) is 44.2 Å². The van der Waals surface area contributed by atoms with Gasteiger partial charge in [-0.1, -0.05) is 18.2 Å². The molecule has 6 nitrogen and oxygen atoms in total. The van der Waals surface area contributed by atoms with Gasteiger partial charge in [0.15, 0.2) is 6.10 Å². The second-order valence-electron chi connectivity index (χ2n) is 5.92. The highest BCUT2D eigenvalue weighted by Crippen LogP contribution is 2.40. The lowest BCUT2D eigenvalue weighted by atomic mass is 10.1. The molecule has 1 aliphatic heterocycles. The summed E-state index contributed by atoms with van der Waals surface area (Å²) in [4.78, 5) is 12.6. The standard InChI is InChI=1S/C18H19NO5S/c1-12(2)24-13-8-10-14(11-9-13)25(21,22)19-16-7-5-4-6-15(16)17(23-3)18(19)20/h4-12,17H,1-3H3. The summed E-state index contributed by atoms with van der Waals surface area (Å²) in [6.45, 7) is 3.77. The molecular weight excluding hydrogens is 342 g/mol. The maximum absolute atomic E-state index is 13.0. The largest absolute Gasteiger partial charge is 0.491 e. The van der Waals surface area contributed by atoms with Gasteiger partial charge < -0.3 is 9.47 Å². The number of hydrogen-bond donors (Lipinski definition) is 0. The Morgan fingerprint density at radius 3 is 2.28 bits per heavy atom. The number of para-hydroxylation sites is 1. The van der Waals surface area contributed by atoms with Crippen molar-refractivity contribution in [3.63, 3.8) is 0 Å². The van der Waals surface area contributed by atoms with Crippen LogP contribution in [0, 0.1) is 0 Å². The zero-order valence-corrected chi connectivity index (χ0v) is 15.0. The highest BCUT2D eigenvalue weighted by molar-refractivity contribution is 7.93. The van der Waals surface area contributed by atoms with Crippen molar-refractivity contribution in [2.24, 2.45) is 0 Å². The Labute approximate surface area is 147 Å². The van der Waals surface area contributed by atoms with E-state index in [9.17, 15) is 13.2 Å². The first kappa shape index (κ1) is 17.4. The normalized spacial score (nSPS) is 17.0. The zero-order valence-electron chi connectivity index (χ0n) is 14.2. The van der Waals surface area contributed by atoms with Crippen LogP contribution in [0.5, 0.6) is 5.75 Å². The number of methoxy groups -OCH3 is 1. The number of sulfonamides is 1. The molecule has 1 heterocycles. The van der Waals surface area contributed by atoms with Crippen LogP contribution in [0.1, 0.15) is 25.5 Å². The molecule has 1 unspecified atom stereocenters. The summed E-state index contributed by atoms with van der Waals surface area (Å²) in [5.74, 6) is -0.0527. The highest BCUT2D eigenvalue weighted by atomic mass is 32.2. The van der Waals surface area contributed by atoms with Gasteiger partial charge in [-0.25, -0.2) is 8.42 Å². The number of anilines is 1. The topological polar surface area (TPSA) is 72.9 Å². The number of benzene rings is 2. The minimum atomic E-state index is -4.04. The summed E-state index contributed by atoms with van der Waals surface area (Å²) in [7, 11) is -2.66. The van der Waals surface area contributed by atoms with Gasteiger partial charge in [-0.3, -0.25) is 4.79 Å². The number of ether oxygens (including phenoxy) is 2. The first-order valence-electron chi connectivity index (χ1n) is 7.84. The molecule has 3 rings (SSSR count). The van der Waals surface area contributed by atoms with Crippen LogP contribution in [0.25, 0.3) is 0 Å². The molecule has 0 bridgehead atoms. The molecule has 0 saturated carbocycles. The van der Waals surface area contributed by atoms with Crippen LogP contribution >= 0.6 is 0 Å². The van der Waals surface area contributed by atoms with Crippen LogP contribution in [0.4, 0.5) is 5.69 Å². The second-order valence-corrected chi connectivity index (χ2v) is 7.71. The molecule has 2 aromatic carbocycles. The van der Waals surface area contributed by atoms with Crippen LogP contribution in [-0.2, 0) is 19.6 Å². The lowest BCUT2D eigenvalue weighted by Gasteiger charge is -2.18. The molecule has 0 spiro atoms. The van der Waals surface area contributed by atoms with E-state index in [1.807, 2.05) is 13.8 Å². The van der Waals surface area contributed by atoms with Crippen molar-refractivity contribution < 1.29 is 22.7 Å². The molecule has 25 heavy (non-hydrogen) atoms. The van der Waals surface area contributed by atoms with Gasteiger partial charge in [-0.2, -0.15) is 4.31 Å². The SMILES string of the molecule is COC1C(=O)N(S(=O)(=O)c2ccc(OC(C)C)cc2)c2ccccc21. The lowest BCUT2D eigenvalue weighted by molar-refractivity contribution is -0.126. The summed E-state index contributed by atoms with van der Waals surface area (Å²) in [6, 6.07) is 12.7. The summed E-state index contributed by atoms with van der Waals surface area (Å²) >= 11 is 0. The second kappa shape index (κ2) is 6.50. The van der Waals surface area contributed by atoms with Gasteiger partial charge in [-0.15, -0.1) is 0 Å². The molecule has 1 aliphatic rings. The molecule has 7 heteroatoms. The quantitative estimate of drug-likeness (QED) is 0.819. The molecule has 0 aromatic heterocycles. The van der Waals surface area contributed by atoms with Crippen LogP contribution < -0.4 is 9.04 Å². The third-order valence-electron chi connectivity index (χ3n) is 3.83. The van der Waals surface area contributed by atoms with Gasteiger partial charge in [0.2, 0.25) is 0 Å². The van der Waals surface area contributed by atoms with Crippen molar-refractivity contribution in [2.45, 2.75) is 31.0 Å². The van der Waals surface area contributed by atoms with Crippen molar-refractivity contribution in [2.75, 3.05) is 11.4 Å². The fraction of sp³-hybridized carbons (Fsp3) is 0.278. The van der Waals surface area contributed by atoms with Crippen molar-refractivity contribution >= 4 is 21.6 Å². The van der Waals surface area contributed by atoms with E-state index in [2.05, 4.69) is 0 Å². The van der Waals surface area contributed by atoms with Crippen LogP contribution in [-0.4, -0.2) is 27.5 Å². The first-order valence-corrected chi connectivity index (χ1v) is 9.28. The monoisotopic (exact) mass is 361 g/mol. The number of nitrogens with zero attached hydrogens (tertiary/aromatic N) is 1. The van der Waals surface area contributed by atoms with E-state index in [-0.39, 0.29) is 11.0 Å². The molecule has 0 aliphatic carbocycles. The molecule has 0 fully saturated rings. The van der Waals surface area contributed by atoms with Crippen molar-refractivity contribution in [1.82, 2.24) is 0 Å². The Morgan fingerprint density at radius 2 is 1.68 bits per heavy atom. The molecule has 0 radical (unpaired) electrons. The number of hydrogen-bond acceptors (Lipinski definition) is 5. The van der Waals surface area contributed by atoms with Crippen molar-refractivity contribution in [3.05, 3.63) is 54.1 Å². The fourth-order valence-corrected chi connectivity index (χ4v) is 4.24. The van der Waals surface area contributed by atoms with E-state index < -0.39 is 22.0 Å². The predicted octanol–water partition coefficient (Wildman–Crippen LogP) is 2.90. The van der Waals surface area contributed by atoms with Crippen molar-refractivity contribution in [1.29, 1.82) is 0 Å². The van der Waals surface area contributed by atoms with Gasteiger partial charge >= 0.3 is 0 Å². The predicted molar refractivity (Wildman–Crippen MR) is 93.1 cm³/mol. The van der Waals surface area contributed by atoms with Crippen LogP contribution in [0.2, 0.25) is 0 Å². The highest BCUT2D eigenvalue weighted by Gasteiger charge is 2.44. The summed E-state index contributed by atoms with van der Waals surface area (Å²) in [5, 5.41) is 0. The zero-order chi connectivity index (χ0) is 18.2. The molecule has 1 amide bonds. The molecule has 1 atom stereocenters. The number of fused-ring (bicyclic) bond motifs is 1. The first-order chi connectivity index (χ1) is 11.9. The van der Waals surface area contributed by atoms with Crippen LogP contribution in [0.3, 0.4) is 0 Å². The fourth-order valence-electron chi connectivity index (χ4n) is 2.80. The van der Waals surface area contributed by atoms with E-state index in [1.165, 1.54) is 19.2 Å². The molecule has 132 valence electrons. The maximum Gasteiger partial charge on any atom is 0.274 e. The molecule has 0 saturated heterocycles. The Hall–Kier alpha value is -2.38. The van der Waals surface area contributed by atoms with Crippen LogP contribution in [0.15, 0.2) is 53.4 Å². The molecular formula is C18H19NO5S. The number of rotatable bonds is 5. The van der Waals surface area contributed by atoms with E-state index in [0.29, 0.717) is 17.0 Å². The minimum Gasteiger partial charge on any atom is -0.491 e. The summed E-state index contributed by atoms with van der Waals surface area (Å²) in [6.07, 6.45) is -0.938. The Kier molecular flexibility index (Phi) is 4.53. The number of amides is 1. The minimum absolute atomic E-state index is 0.0167. The third-order valence-corrected chi connectivity index (χ3v) is 5.56. The van der Waals surface area contributed by atoms with Gasteiger partial charge in [0.1, 0.15) is 5.75 Å². The van der Waals surface area contributed by atoms with E-state index in [4.69, 9.17) is 9.47 Å². The summed E-state index contributed by atoms with van der Waals surface area (Å²) < 4.78 is 37.6. The third kappa shape index (κ3) is 3.01. The maximum atomic E-state index is 13.0. The summed E-state index contributed by atoms with van der Waals surface area (Å²) in [5.41, 5.74) is 0.861. The van der Waals surface area contributed by atoms with E-state index in [1.54, 1.807) is 36.4 Å².